The van der Waals surface area contributed by atoms with Crippen molar-refractivity contribution in [1.82, 2.24) is 0 Å². The Hall–Kier alpha value is 0.917. The van der Waals surface area contributed by atoms with E-state index in [1.54, 1.807) is 0 Å². The van der Waals surface area contributed by atoms with Crippen LogP contribution >= 0.6 is 0 Å². The van der Waals surface area contributed by atoms with E-state index in [-0.39, 0.29) is 63.4 Å². The summed E-state index contributed by atoms with van der Waals surface area (Å²) in [6.45, 7) is 0. The molecule has 0 rings (SSSR count). The summed E-state index contributed by atoms with van der Waals surface area (Å²) in [6, 6.07) is 0. The molecule has 0 heterocycles. The first kappa shape index (κ1) is 451. The van der Waals surface area contributed by atoms with Crippen LogP contribution in [0.15, 0.2) is 0 Å². The van der Waals surface area contributed by atoms with Crippen molar-refractivity contribution in [1.29, 1.82) is 0 Å². The van der Waals surface area contributed by atoms with Crippen molar-refractivity contribution in [2.24, 2.45) is 0 Å². The van der Waals surface area contributed by atoms with Crippen molar-refractivity contribution >= 4 is 0 Å². The van der Waals surface area contributed by atoms with Gasteiger partial charge in [-0.2, -0.15) is 0 Å². The summed E-state index contributed by atoms with van der Waals surface area (Å²) in [5, 5.41) is 0. The first-order valence-electron chi connectivity index (χ1n) is 0. The van der Waals surface area contributed by atoms with Gasteiger partial charge in [0.05, 0.1) is 0 Å². The summed E-state index contributed by atoms with van der Waals surface area (Å²) in [5.74, 6) is 0. The van der Waals surface area contributed by atoms with Crippen LogP contribution in [-0.4, -0.2) is 27.4 Å². The van der Waals surface area contributed by atoms with Gasteiger partial charge in [0.25, 0.3) is 0 Å². The Balaban J connectivity index is 0. The summed E-state index contributed by atoms with van der Waals surface area (Å²) < 4.78 is 0. The zero-order valence-corrected chi connectivity index (χ0v) is 5.63. The Labute approximate surface area is 63.7 Å². The van der Waals surface area contributed by atoms with Crippen LogP contribution in [-0.2, 0) is 36.0 Å². The van der Waals surface area contributed by atoms with E-state index in [1.807, 2.05) is 0 Å². The first-order valence-corrected chi connectivity index (χ1v) is 0. The van der Waals surface area contributed by atoms with Crippen molar-refractivity contribution < 1.29 is 63.4 Å². The molecule has 0 spiro atoms. The molecule has 0 aromatic carbocycles. The third-order valence-electron chi connectivity index (χ3n) is 0. The summed E-state index contributed by atoms with van der Waals surface area (Å²) in [6.07, 6.45) is 0. The van der Waals surface area contributed by atoms with E-state index >= 15 is 0 Å². The average molecular weight is 245 g/mol. The molecule has 0 aromatic heterocycles. The molecule has 0 bridgehead atoms. The smallest absolute Gasteiger partial charge is 0.870 e. The van der Waals surface area contributed by atoms with E-state index in [9.17, 15) is 0 Å². The Morgan fingerprint density at radius 1 is 0.429 bits per heavy atom. The molecule has 0 aromatic rings. The molecule has 0 aliphatic heterocycles. The van der Waals surface area contributed by atoms with Gasteiger partial charge in [-0.05, 0) is 0 Å². The predicted molar refractivity (Wildman–Crippen MR) is 9.68 cm³/mol. The minimum atomic E-state index is 0. The van der Waals surface area contributed by atoms with Gasteiger partial charge in [-0.25, -0.2) is 0 Å². The van der Waals surface area contributed by atoms with Gasteiger partial charge in [0.15, 0.2) is 0 Å². The van der Waals surface area contributed by atoms with E-state index in [1.165, 1.54) is 0 Å². The fraction of sp³-hybridized carbons (Fsp3) is 0. The average Bonchev–Trinajstić information content (AvgIpc) is 0. The standard InChI is InChI=1S/Ni.5H2O.Ru/h;5*1H2;/q+2;;;;;;+3/p-5. The van der Waals surface area contributed by atoms with Gasteiger partial charge >= 0.3 is 36.0 Å². The fourth-order valence-corrected chi connectivity index (χ4v) is 0. The van der Waals surface area contributed by atoms with Crippen LogP contribution < -0.4 is 0 Å². The van der Waals surface area contributed by atoms with Crippen LogP contribution in [0, 0.1) is 0 Å². The van der Waals surface area contributed by atoms with E-state index in [0.717, 1.165) is 0 Å². The molecule has 7 heavy (non-hydrogen) atoms. The summed E-state index contributed by atoms with van der Waals surface area (Å²) in [5.41, 5.74) is 0. The molecule has 0 saturated heterocycles. The Kier molecular flexibility index (Phi) is 18500. The number of hydrogen-bond acceptors (Lipinski definition) is 5. The van der Waals surface area contributed by atoms with Gasteiger partial charge in [0.1, 0.15) is 0 Å². The maximum absolute atomic E-state index is 0. The third kappa shape index (κ3) is 199. The van der Waals surface area contributed by atoms with Crippen molar-refractivity contribution in [3.8, 4) is 0 Å². The molecule has 0 saturated carbocycles. The summed E-state index contributed by atoms with van der Waals surface area (Å²) in [7, 11) is 0. The molecular weight excluding hydrogens is 240 g/mol. The van der Waals surface area contributed by atoms with Gasteiger partial charge in [-0.3, -0.25) is 0 Å². The second-order valence-corrected chi connectivity index (χ2v) is 0. The molecule has 5 nitrogen and oxygen atoms in total. The van der Waals surface area contributed by atoms with Gasteiger partial charge < -0.3 is 27.4 Å². The van der Waals surface area contributed by atoms with Crippen molar-refractivity contribution in [2.75, 3.05) is 0 Å². The predicted octanol–water partition coefficient (Wildman–Crippen LogP) is -0.889. The van der Waals surface area contributed by atoms with Gasteiger partial charge in [0.2, 0.25) is 0 Å². The first-order chi connectivity index (χ1) is 0. The summed E-state index contributed by atoms with van der Waals surface area (Å²) in [4.78, 5) is 0. The molecule has 1 radical (unpaired) electrons. The molecule has 0 amide bonds. The Bertz CT molecular complexity index is 8.04. The van der Waals surface area contributed by atoms with E-state index in [0.29, 0.717) is 0 Å². The third-order valence-corrected chi connectivity index (χ3v) is 0. The van der Waals surface area contributed by atoms with Crippen LogP contribution in [0.1, 0.15) is 0 Å². The SMILES string of the molecule is [Ni+2].[OH-].[OH-].[OH-].[OH-].[OH-].[Ru+3]. The van der Waals surface area contributed by atoms with Gasteiger partial charge in [-0.15, -0.1) is 0 Å². The minimum absolute atomic E-state index is 0. The van der Waals surface area contributed by atoms with E-state index in [4.69, 9.17) is 0 Å². The molecule has 0 atom stereocenters. The number of rotatable bonds is 0. The second kappa shape index (κ2) is 288. The van der Waals surface area contributed by atoms with Crippen molar-refractivity contribution in [3.63, 3.8) is 0 Å². The molecule has 0 aliphatic rings. The molecule has 0 aliphatic carbocycles. The maximum Gasteiger partial charge on any atom is 3.00 e. The summed E-state index contributed by atoms with van der Waals surface area (Å²) >= 11 is 0. The maximum atomic E-state index is 0. The van der Waals surface area contributed by atoms with Crippen LogP contribution in [0.2, 0.25) is 0 Å². The normalized spacial score (nSPS) is 0. The minimum Gasteiger partial charge on any atom is -0.870 e. The van der Waals surface area contributed by atoms with Crippen molar-refractivity contribution in [3.05, 3.63) is 0 Å². The van der Waals surface area contributed by atoms with Crippen LogP contribution in [0.4, 0.5) is 0 Å². The van der Waals surface area contributed by atoms with Crippen LogP contribution in [0.3, 0.4) is 0 Å². The van der Waals surface area contributed by atoms with Crippen LogP contribution in [0.5, 0.6) is 0 Å². The molecule has 0 unspecified atom stereocenters. The van der Waals surface area contributed by atoms with Gasteiger partial charge in [0, 0.05) is 0 Å². The molecule has 0 fully saturated rings. The largest absolute Gasteiger partial charge is 3.00 e. The zero-order valence-electron chi connectivity index (χ0n) is 2.91. The van der Waals surface area contributed by atoms with Gasteiger partial charge in [-0.1, -0.05) is 0 Å². The van der Waals surface area contributed by atoms with Crippen LogP contribution in [0.25, 0.3) is 0 Å². The molecular formula is H5NiO5Ru. The van der Waals surface area contributed by atoms with E-state index < -0.39 is 0 Å². The Morgan fingerprint density at radius 2 is 0.429 bits per heavy atom. The molecule has 7 heteroatoms. The number of hydrogen-bond donors (Lipinski definition) is 0. The Morgan fingerprint density at radius 3 is 0.429 bits per heavy atom. The van der Waals surface area contributed by atoms with E-state index in [2.05, 4.69) is 0 Å². The van der Waals surface area contributed by atoms with Crippen molar-refractivity contribution in [2.45, 2.75) is 0 Å². The molecule has 53 valence electrons. The molecule has 5 N–H and O–H groups in total. The zero-order chi connectivity index (χ0) is 0. The second-order valence-electron chi connectivity index (χ2n) is 0. The fourth-order valence-electron chi connectivity index (χ4n) is 0. The topological polar surface area (TPSA) is 150 Å². The quantitative estimate of drug-likeness (QED) is 0.507. The monoisotopic (exact) mass is 245 g/mol.